The van der Waals surface area contributed by atoms with Crippen LogP contribution in [-0.2, 0) is 0 Å². The van der Waals surface area contributed by atoms with Crippen LogP contribution >= 0.6 is 0 Å². The normalized spacial score (nSPS) is 39.4. The zero-order chi connectivity index (χ0) is 9.97. The Labute approximate surface area is 88.9 Å². The molecule has 1 nitrogen and oxygen atoms in total. The van der Waals surface area contributed by atoms with Gasteiger partial charge in [-0.1, -0.05) is 33.1 Å². The Kier molecular flexibility index (Phi) is 3.48. The molecule has 2 fully saturated rings. The summed E-state index contributed by atoms with van der Waals surface area (Å²) in [5.41, 5.74) is 0. The van der Waals surface area contributed by atoms with E-state index < -0.39 is 0 Å². The first-order chi connectivity index (χ1) is 6.86. The van der Waals surface area contributed by atoms with Gasteiger partial charge in [-0.25, -0.2) is 0 Å². The van der Waals surface area contributed by atoms with E-state index in [-0.39, 0.29) is 0 Å². The minimum atomic E-state index is 0.951. The molecular formula is C13H25N. The first-order valence-corrected chi connectivity index (χ1v) is 6.60. The Balaban J connectivity index is 2.05. The minimum Gasteiger partial charge on any atom is -0.300 e. The Morgan fingerprint density at radius 2 is 1.86 bits per heavy atom. The van der Waals surface area contributed by atoms with Crippen molar-refractivity contribution >= 4 is 0 Å². The van der Waals surface area contributed by atoms with Crippen LogP contribution in [0.15, 0.2) is 0 Å². The molecule has 0 aromatic heterocycles. The summed E-state index contributed by atoms with van der Waals surface area (Å²) in [6.45, 7) is 7.36. The third kappa shape index (κ3) is 1.84. The van der Waals surface area contributed by atoms with Gasteiger partial charge in [0.1, 0.15) is 0 Å². The number of fused-ring (bicyclic) bond motifs is 1. The van der Waals surface area contributed by atoms with E-state index in [2.05, 4.69) is 18.7 Å². The summed E-state index contributed by atoms with van der Waals surface area (Å²) in [4.78, 5) is 2.75. The molecule has 3 unspecified atom stereocenters. The summed E-state index contributed by atoms with van der Waals surface area (Å²) < 4.78 is 0. The smallest absolute Gasteiger partial charge is 0.0126 e. The van der Waals surface area contributed by atoms with E-state index in [1.807, 2.05) is 0 Å². The van der Waals surface area contributed by atoms with Gasteiger partial charge in [-0.15, -0.1) is 0 Å². The molecule has 0 aromatic rings. The van der Waals surface area contributed by atoms with Gasteiger partial charge in [-0.3, -0.25) is 0 Å². The van der Waals surface area contributed by atoms with E-state index in [0.717, 1.165) is 17.9 Å². The lowest BCUT2D eigenvalue weighted by Gasteiger charge is -2.48. The predicted molar refractivity (Wildman–Crippen MR) is 61.4 cm³/mol. The molecule has 0 bridgehead atoms. The number of nitrogens with zero attached hydrogens (tertiary/aromatic N) is 1. The van der Waals surface area contributed by atoms with Crippen molar-refractivity contribution in [2.24, 2.45) is 11.8 Å². The molecule has 14 heavy (non-hydrogen) atoms. The summed E-state index contributed by atoms with van der Waals surface area (Å²) in [5, 5.41) is 0. The van der Waals surface area contributed by atoms with E-state index in [9.17, 15) is 0 Å². The molecule has 2 rings (SSSR count). The van der Waals surface area contributed by atoms with Gasteiger partial charge in [0, 0.05) is 6.04 Å². The Morgan fingerprint density at radius 3 is 2.57 bits per heavy atom. The number of rotatable bonds is 2. The molecule has 2 aliphatic rings. The second-order valence-electron chi connectivity index (χ2n) is 5.10. The molecule has 1 aliphatic heterocycles. The van der Waals surface area contributed by atoms with E-state index in [1.165, 1.54) is 51.6 Å². The summed E-state index contributed by atoms with van der Waals surface area (Å²) in [6, 6.07) is 0.951. The molecule has 1 heteroatoms. The van der Waals surface area contributed by atoms with Crippen molar-refractivity contribution in [1.82, 2.24) is 4.90 Å². The van der Waals surface area contributed by atoms with Crippen LogP contribution < -0.4 is 0 Å². The summed E-state index contributed by atoms with van der Waals surface area (Å²) >= 11 is 0. The molecule has 1 heterocycles. The van der Waals surface area contributed by atoms with Gasteiger partial charge in [-0.2, -0.15) is 0 Å². The maximum atomic E-state index is 2.75. The largest absolute Gasteiger partial charge is 0.300 e. The van der Waals surface area contributed by atoms with Crippen LogP contribution in [0, 0.1) is 11.8 Å². The molecular weight excluding hydrogens is 170 g/mol. The van der Waals surface area contributed by atoms with Crippen molar-refractivity contribution in [3.8, 4) is 0 Å². The Hall–Kier alpha value is -0.0400. The van der Waals surface area contributed by atoms with Crippen LogP contribution in [0.25, 0.3) is 0 Å². The molecule has 0 spiro atoms. The van der Waals surface area contributed by atoms with Gasteiger partial charge in [0.2, 0.25) is 0 Å². The molecule has 1 saturated carbocycles. The van der Waals surface area contributed by atoms with Gasteiger partial charge >= 0.3 is 0 Å². The van der Waals surface area contributed by atoms with Crippen LogP contribution in [0.1, 0.15) is 52.4 Å². The molecule has 82 valence electrons. The molecule has 0 aromatic carbocycles. The molecule has 0 radical (unpaired) electrons. The second kappa shape index (κ2) is 4.65. The highest BCUT2D eigenvalue weighted by atomic mass is 15.2. The summed E-state index contributed by atoms with van der Waals surface area (Å²) in [6.07, 6.45) is 8.85. The second-order valence-corrected chi connectivity index (χ2v) is 5.10. The molecule has 0 amide bonds. The van der Waals surface area contributed by atoms with Crippen LogP contribution in [-0.4, -0.2) is 24.0 Å². The Bertz CT molecular complexity index is 158. The van der Waals surface area contributed by atoms with Crippen molar-refractivity contribution in [2.75, 3.05) is 13.1 Å². The fraction of sp³-hybridized carbons (Fsp3) is 1.00. The predicted octanol–water partition coefficient (Wildman–Crippen LogP) is 3.30. The van der Waals surface area contributed by atoms with Crippen molar-refractivity contribution < 1.29 is 0 Å². The number of hydrogen-bond acceptors (Lipinski definition) is 1. The molecule has 3 atom stereocenters. The average Bonchev–Trinajstić information content (AvgIpc) is 2.27. The van der Waals surface area contributed by atoms with E-state index >= 15 is 0 Å². The van der Waals surface area contributed by atoms with Crippen molar-refractivity contribution in [3.05, 3.63) is 0 Å². The first kappa shape index (κ1) is 10.5. The van der Waals surface area contributed by atoms with Crippen molar-refractivity contribution in [3.63, 3.8) is 0 Å². The highest BCUT2D eigenvalue weighted by Crippen LogP contribution is 2.39. The monoisotopic (exact) mass is 195 g/mol. The van der Waals surface area contributed by atoms with Crippen LogP contribution in [0.2, 0.25) is 0 Å². The first-order valence-electron chi connectivity index (χ1n) is 6.60. The highest BCUT2D eigenvalue weighted by molar-refractivity contribution is 4.90. The van der Waals surface area contributed by atoms with Gasteiger partial charge < -0.3 is 4.90 Å². The third-order valence-corrected chi connectivity index (χ3v) is 4.57. The van der Waals surface area contributed by atoms with E-state index in [0.29, 0.717) is 0 Å². The topological polar surface area (TPSA) is 3.24 Å². The van der Waals surface area contributed by atoms with E-state index in [4.69, 9.17) is 0 Å². The SMILES string of the molecule is CCC1CCN(CC)C2CCCCC12. The van der Waals surface area contributed by atoms with Crippen LogP contribution in [0.5, 0.6) is 0 Å². The average molecular weight is 195 g/mol. The van der Waals surface area contributed by atoms with Crippen LogP contribution in [0.3, 0.4) is 0 Å². The lowest BCUT2D eigenvalue weighted by atomic mass is 9.71. The zero-order valence-corrected chi connectivity index (χ0v) is 9.84. The third-order valence-electron chi connectivity index (χ3n) is 4.57. The van der Waals surface area contributed by atoms with Gasteiger partial charge in [0.25, 0.3) is 0 Å². The number of hydrogen-bond donors (Lipinski definition) is 0. The maximum Gasteiger partial charge on any atom is 0.0126 e. The van der Waals surface area contributed by atoms with Gasteiger partial charge in [-0.05, 0) is 44.2 Å². The number of piperidine rings is 1. The minimum absolute atomic E-state index is 0.951. The standard InChI is InChI=1S/C13H25N/c1-3-11-9-10-14(4-2)13-8-6-5-7-12(11)13/h11-13H,3-10H2,1-2H3. The molecule has 1 saturated heterocycles. The maximum absolute atomic E-state index is 2.75. The number of likely N-dealkylation sites (tertiary alicyclic amines) is 1. The van der Waals surface area contributed by atoms with Gasteiger partial charge in [0.15, 0.2) is 0 Å². The quantitative estimate of drug-likeness (QED) is 0.653. The lowest BCUT2D eigenvalue weighted by molar-refractivity contribution is 0.0217. The summed E-state index contributed by atoms with van der Waals surface area (Å²) in [7, 11) is 0. The van der Waals surface area contributed by atoms with Crippen LogP contribution in [0.4, 0.5) is 0 Å². The van der Waals surface area contributed by atoms with E-state index in [1.54, 1.807) is 0 Å². The highest BCUT2D eigenvalue weighted by Gasteiger charge is 2.37. The fourth-order valence-electron chi connectivity index (χ4n) is 3.75. The molecule has 0 N–H and O–H groups in total. The summed E-state index contributed by atoms with van der Waals surface area (Å²) in [5.74, 6) is 2.09. The van der Waals surface area contributed by atoms with Crippen molar-refractivity contribution in [2.45, 2.75) is 58.4 Å². The zero-order valence-electron chi connectivity index (χ0n) is 9.84. The molecule has 1 aliphatic carbocycles. The Morgan fingerprint density at radius 1 is 1.07 bits per heavy atom. The van der Waals surface area contributed by atoms with Gasteiger partial charge in [0.05, 0.1) is 0 Å². The van der Waals surface area contributed by atoms with Crippen molar-refractivity contribution in [1.29, 1.82) is 0 Å². The fourth-order valence-corrected chi connectivity index (χ4v) is 3.75. The lowest BCUT2D eigenvalue weighted by Crippen LogP contribution is -2.50.